The van der Waals surface area contributed by atoms with Gasteiger partial charge in [0.2, 0.25) is 5.95 Å². The molecular weight excluding hydrogens is 520 g/mol. The lowest BCUT2D eigenvalue weighted by molar-refractivity contribution is 0.0498. The number of primary amides is 1. The van der Waals surface area contributed by atoms with Crippen molar-refractivity contribution < 1.29 is 23.9 Å². The molecule has 1 unspecified atom stereocenters. The Bertz CT molecular complexity index is 1120. The molecule has 0 radical (unpaired) electrons. The van der Waals surface area contributed by atoms with Crippen molar-refractivity contribution >= 4 is 51.4 Å². The standard InChI is InChI=1S/C23H29BrN6O5/c1-23(2,3)35-22(33)28-15-6-5-7-30(12-15)21-26-11-17(18(25)31)19(29-21)27-16-9-13(20(32)34-4)8-14(24)10-16/h8-11,15H,5-7,12H2,1-4H3,(H2,25,31)(H,28,33)(H,26,27,29). The van der Waals surface area contributed by atoms with Crippen LogP contribution in [-0.4, -0.2) is 59.8 Å². The number of hydrogen-bond acceptors (Lipinski definition) is 9. The fourth-order valence-electron chi connectivity index (χ4n) is 3.59. The van der Waals surface area contributed by atoms with Gasteiger partial charge in [-0.2, -0.15) is 4.98 Å². The highest BCUT2D eigenvalue weighted by atomic mass is 79.9. The van der Waals surface area contributed by atoms with Crippen LogP contribution in [0.4, 0.5) is 22.2 Å². The van der Waals surface area contributed by atoms with E-state index >= 15 is 0 Å². The quantitative estimate of drug-likeness (QED) is 0.461. The number of alkyl carbamates (subject to hydrolysis) is 1. The molecule has 1 atom stereocenters. The van der Waals surface area contributed by atoms with Crippen LogP contribution in [0.3, 0.4) is 0 Å². The molecule has 1 aromatic carbocycles. The van der Waals surface area contributed by atoms with Gasteiger partial charge in [-0.25, -0.2) is 14.6 Å². The molecule has 1 aromatic heterocycles. The molecule has 1 aliphatic heterocycles. The van der Waals surface area contributed by atoms with E-state index in [0.29, 0.717) is 34.8 Å². The summed E-state index contributed by atoms with van der Waals surface area (Å²) in [6.07, 6.45) is 2.47. The maximum Gasteiger partial charge on any atom is 0.407 e. The molecule has 2 amide bonds. The minimum absolute atomic E-state index is 0.0915. The van der Waals surface area contributed by atoms with Gasteiger partial charge in [-0.05, 0) is 51.8 Å². The van der Waals surface area contributed by atoms with Crippen LogP contribution in [0.15, 0.2) is 28.9 Å². The van der Waals surface area contributed by atoms with Gasteiger partial charge in [-0.1, -0.05) is 15.9 Å². The third kappa shape index (κ3) is 7.28. The van der Waals surface area contributed by atoms with Gasteiger partial charge in [-0.15, -0.1) is 0 Å². The van der Waals surface area contributed by atoms with Crippen molar-refractivity contribution in [2.45, 2.75) is 45.3 Å². The van der Waals surface area contributed by atoms with Crippen LogP contribution < -0.4 is 21.3 Å². The lowest BCUT2D eigenvalue weighted by atomic mass is 10.1. The fraction of sp³-hybridized carbons (Fsp3) is 0.435. The zero-order valence-electron chi connectivity index (χ0n) is 20.1. The number of carbonyl (C=O) groups is 3. The Morgan fingerprint density at radius 3 is 2.63 bits per heavy atom. The summed E-state index contributed by atoms with van der Waals surface area (Å²) in [6, 6.07) is 4.76. The number of nitrogens with one attached hydrogen (secondary N) is 2. The van der Waals surface area contributed by atoms with Crippen LogP contribution in [0.5, 0.6) is 0 Å². The second-order valence-electron chi connectivity index (χ2n) is 9.07. The third-order valence-corrected chi connectivity index (χ3v) is 5.51. The molecule has 35 heavy (non-hydrogen) atoms. The summed E-state index contributed by atoms with van der Waals surface area (Å²) >= 11 is 3.37. The first kappa shape index (κ1) is 26.2. The Balaban J connectivity index is 1.83. The van der Waals surface area contributed by atoms with Crippen LogP contribution in [0.2, 0.25) is 0 Å². The summed E-state index contributed by atoms with van der Waals surface area (Å²) in [4.78, 5) is 47.0. The predicted octanol–water partition coefficient (Wildman–Crippen LogP) is 3.36. The van der Waals surface area contributed by atoms with E-state index in [0.717, 1.165) is 12.8 Å². The van der Waals surface area contributed by atoms with Gasteiger partial charge in [0, 0.05) is 35.5 Å². The molecule has 2 aromatic rings. The van der Waals surface area contributed by atoms with Crippen LogP contribution >= 0.6 is 15.9 Å². The Morgan fingerprint density at radius 1 is 1.23 bits per heavy atom. The minimum atomic E-state index is -0.703. The molecule has 12 heteroatoms. The summed E-state index contributed by atoms with van der Waals surface area (Å²) in [5.41, 5.74) is 5.84. The topological polar surface area (TPSA) is 149 Å². The average molecular weight is 549 g/mol. The first-order chi connectivity index (χ1) is 16.4. The van der Waals surface area contributed by atoms with E-state index in [-0.39, 0.29) is 17.4 Å². The lowest BCUT2D eigenvalue weighted by Gasteiger charge is -2.33. The molecule has 0 bridgehead atoms. The first-order valence-corrected chi connectivity index (χ1v) is 11.8. The second kappa shape index (κ2) is 10.9. The molecule has 4 N–H and O–H groups in total. The zero-order valence-corrected chi connectivity index (χ0v) is 21.6. The van der Waals surface area contributed by atoms with Gasteiger partial charge >= 0.3 is 12.1 Å². The van der Waals surface area contributed by atoms with Gasteiger partial charge < -0.3 is 30.7 Å². The minimum Gasteiger partial charge on any atom is -0.465 e. The Kier molecular flexibility index (Phi) is 8.15. The highest BCUT2D eigenvalue weighted by Crippen LogP contribution is 2.26. The number of methoxy groups -OCH3 is 1. The Hall–Kier alpha value is -3.41. The largest absolute Gasteiger partial charge is 0.465 e. The van der Waals surface area contributed by atoms with Crippen molar-refractivity contribution in [1.29, 1.82) is 0 Å². The van der Waals surface area contributed by atoms with E-state index in [1.165, 1.54) is 13.3 Å². The number of rotatable bonds is 6. The smallest absolute Gasteiger partial charge is 0.407 e. The number of piperidine rings is 1. The van der Waals surface area contributed by atoms with Crippen molar-refractivity contribution in [2.24, 2.45) is 5.73 Å². The molecule has 0 saturated carbocycles. The van der Waals surface area contributed by atoms with Crippen molar-refractivity contribution in [3.05, 3.63) is 40.0 Å². The number of nitrogens with two attached hydrogens (primary N) is 1. The number of esters is 1. The molecule has 0 spiro atoms. The van der Waals surface area contributed by atoms with E-state index in [1.54, 1.807) is 18.2 Å². The number of anilines is 3. The van der Waals surface area contributed by atoms with Crippen LogP contribution in [0.25, 0.3) is 0 Å². The number of nitrogens with zero attached hydrogens (tertiary/aromatic N) is 3. The van der Waals surface area contributed by atoms with Crippen molar-refractivity contribution in [1.82, 2.24) is 15.3 Å². The number of ether oxygens (including phenoxy) is 2. The third-order valence-electron chi connectivity index (χ3n) is 5.05. The van der Waals surface area contributed by atoms with Crippen molar-refractivity contribution in [3.63, 3.8) is 0 Å². The van der Waals surface area contributed by atoms with Crippen LogP contribution in [0, 0.1) is 0 Å². The van der Waals surface area contributed by atoms with Crippen molar-refractivity contribution in [2.75, 3.05) is 30.4 Å². The van der Waals surface area contributed by atoms with E-state index < -0.39 is 23.6 Å². The number of carbonyl (C=O) groups excluding carboxylic acids is 3. The number of benzene rings is 1. The van der Waals surface area contributed by atoms with E-state index in [1.807, 2.05) is 25.7 Å². The monoisotopic (exact) mass is 548 g/mol. The highest BCUT2D eigenvalue weighted by Gasteiger charge is 2.26. The van der Waals surface area contributed by atoms with Crippen molar-refractivity contribution in [3.8, 4) is 0 Å². The molecule has 11 nitrogen and oxygen atoms in total. The molecular formula is C23H29BrN6O5. The SMILES string of the molecule is COC(=O)c1cc(Br)cc(Nc2nc(N3CCCC(NC(=O)OC(C)(C)C)C3)ncc2C(N)=O)c1. The number of amides is 2. The fourth-order valence-corrected chi connectivity index (χ4v) is 4.08. The zero-order chi connectivity index (χ0) is 25.8. The van der Waals surface area contributed by atoms with Gasteiger partial charge in [-0.3, -0.25) is 4.79 Å². The average Bonchev–Trinajstić information content (AvgIpc) is 2.76. The number of hydrogen-bond donors (Lipinski definition) is 3. The van der Waals surface area contributed by atoms with Gasteiger partial charge in [0.25, 0.3) is 5.91 Å². The lowest BCUT2D eigenvalue weighted by Crippen LogP contribution is -2.49. The molecule has 1 saturated heterocycles. The van der Waals surface area contributed by atoms with E-state index in [4.69, 9.17) is 15.2 Å². The van der Waals surface area contributed by atoms with Gasteiger partial charge in [0.1, 0.15) is 17.0 Å². The number of aromatic nitrogens is 2. The second-order valence-corrected chi connectivity index (χ2v) is 9.99. The number of halogens is 1. The van der Waals surface area contributed by atoms with Gasteiger partial charge in [0.15, 0.2) is 0 Å². The van der Waals surface area contributed by atoms with Gasteiger partial charge in [0.05, 0.1) is 12.7 Å². The first-order valence-electron chi connectivity index (χ1n) is 11.0. The summed E-state index contributed by atoms with van der Waals surface area (Å²) in [5.74, 6) is -0.648. The highest BCUT2D eigenvalue weighted by molar-refractivity contribution is 9.10. The molecule has 1 fully saturated rings. The normalized spacial score (nSPS) is 15.8. The van der Waals surface area contributed by atoms with Crippen LogP contribution in [0.1, 0.15) is 54.3 Å². The van der Waals surface area contributed by atoms with Crippen LogP contribution in [-0.2, 0) is 9.47 Å². The molecule has 2 heterocycles. The van der Waals surface area contributed by atoms with E-state index in [9.17, 15) is 14.4 Å². The molecule has 188 valence electrons. The summed E-state index contributed by atoms with van der Waals surface area (Å²) in [6.45, 7) is 6.56. The summed E-state index contributed by atoms with van der Waals surface area (Å²) in [5, 5.41) is 5.95. The Labute approximate surface area is 211 Å². The summed E-state index contributed by atoms with van der Waals surface area (Å²) < 4.78 is 10.8. The Morgan fingerprint density at radius 2 is 1.97 bits per heavy atom. The maximum atomic E-state index is 12.2. The summed E-state index contributed by atoms with van der Waals surface area (Å²) in [7, 11) is 1.29. The molecule has 1 aliphatic rings. The molecule has 3 rings (SSSR count). The predicted molar refractivity (Wildman–Crippen MR) is 134 cm³/mol. The van der Waals surface area contributed by atoms with E-state index in [2.05, 4.69) is 36.5 Å². The maximum absolute atomic E-state index is 12.2. The molecule has 0 aliphatic carbocycles.